The molecule has 1 fully saturated rings. The van der Waals surface area contributed by atoms with Crippen LogP contribution in [0.3, 0.4) is 0 Å². The van der Waals surface area contributed by atoms with E-state index < -0.39 is 0 Å². The smallest absolute Gasteiger partial charge is 0.321 e. The van der Waals surface area contributed by atoms with E-state index in [0.717, 1.165) is 49.3 Å². The molecular formula is C24H30N4O2. The average molecular weight is 407 g/mol. The Morgan fingerprint density at radius 2 is 1.90 bits per heavy atom. The van der Waals surface area contributed by atoms with E-state index in [4.69, 9.17) is 0 Å². The van der Waals surface area contributed by atoms with Crippen LogP contribution in [0.4, 0.5) is 21.9 Å². The molecule has 158 valence electrons. The topological polar surface area (TPSA) is 64.7 Å². The van der Waals surface area contributed by atoms with Crippen molar-refractivity contribution >= 4 is 29.0 Å². The molecule has 4 rings (SSSR count). The molecule has 0 spiro atoms. The van der Waals surface area contributed by atoms with Crippen LogP contribution in [0, 0.1) is 12.8 Å². The van der Waals surface area contributed by atoms with Gasteiger partial charge in [0.25, 0.3) is 0 Å². The number of carbonyl (C=O) groups excluding carboxylic acids is 2. The number of carbonyl (C=O) groups is 2. The largest absolute Gasteiger partial charge is 0.371 e. The van der Waals surface area contributed by atoms with Gasteiger partial charge in [-0.2, -0.15) is 0 Å². The van der Waals surface area contributed by atoms with E-state index in [2.05, 4.69) is 34.6 Å². The number of amides is 3. The van der Waals surface area contributed by atoms with Gasteiger partial charge in [0.1, 0.15) is 0 Å². The first-order chi connectivity index (χ1) is 14.5. The maximum absolute atomic E-state index is 12.9. The highest BCUT2D eigenvalue weighted by atomic mass is 16.2. The van der Waals surface area contributed by atoms with Crippen LogP contribution in [0.2, 0.25) is 0 Å². The first-order valence-electron chi connectivity index (χ1n) is 10.8. The number of rotatable bonds is 4. The van der Waals surface area contributed by atoms with Gasteiger partial charge in [-0.05, 0) is 68.5 Å². The van der Waals surface area contributed by atoms with Gasteiger partial charge >= 0.3 is 6.03 Å². The SMILES string of the molecule is CCN1CCc2ccc(NC(=O)C3CCCN(C(=O)Nc4cccc(C)c4)C3)cc21. The Morgan fingerprint density at radius 3 is 2.70 bits per heavy atom. The van der Waals surface area contributed by atoms with Crippen molar-refractivity contribution in [3.63, 3.8) is 0 Å². The lowest BCUT2D eigenvalue weighted by Crippen LogP contribution is -2.45. The Morgan fingerprint density at radius 1 is 1.07 bits per heavy atom. The molecule has 0 aromatic heterocycles. The number of piperidine rings is 1. The average Bonchev–Trinajstić information content (AvgIpc) is 3.16. The highest BCUT2D eigenvalue weighted by Gasteiger charge is 2.29. The number of hydrogen-bond acceptors (Lipinski definition) is 3. The van der Waals surface area contributed by atoms with Crippen LogP contribution in [-0.2, 0) is 11.2 Å². The summed E-state index contributed by atoms with van der Waals surface area (Å²) in [7, 11) is 0. The van der Waals surface area contributed by atoms with E-state index in [-0.39, 0.29) is 17.9 Å². The summed E-state index contributed by atoms with van der Waals surface area (Å²) in [5.74, 6) is -0.207. The minimum absolute atomic E-state index is 0.0101. The van der Waals surface area contributed by atoms with E-state index in [0.29, 0.717) is 13.1 Å². The first kappa shape index (κ1) is 20.3. The molecule has 1 atom stereocenters. The van der Waals surface area contributed by atoms with Crippen molar-refractivity contribution < 1.29 is 9.59 Å². The molecule has 2 heterocycles. The second-order valence-corrected chi connectivity index (χ2v) is 8.25. The molecule has 1 unspecified atom stereocenters. The maximum atomic E-state index is 12.9. The van der Waals surface area contributed by atoms with E-state index in [9.17, 15) is 9.59 Å². The van der Waals surface area contributed by atoms with Crippen LogP contribution in [0.1, 0.15) is 30.9 Å². The Hall–Kier alpha value is -3.02. The molecule has 1 saturated heterocycles. The number of fused-ring (bicyclic) bond motifs is 1. The molecule has 0 bridgehead atoms. The van der Waals surface area contributed by atoms with E-state index in [1.165, 1.54) is 11.3 Å². The molecule has 6 nitrogen and oxygen atoms in total. The summed E-state index contributed by atoms with van der Waals surface area (Å²) in [6.45, 7) is 7.27. The van der Waals surface area contributed by atoms with Gasteiger partial charge in [-0.25, -0.2) is 4.79 Å². The second-order valence-electron chi connectivity index (χ2n) is 8.25. The Bertz CT molecular complexity index is 943. The molecule has 2 aliphatic rings. The van der Waals surface area contributed by atoms with Gasteiger partial charge in [0.05, 0.1) is 5.92 Å². The van der Waals surface area contributed by atoms with Gasteiger partial charge in [-0.3, -0.25) is 4.79 Å². The van der Waals surface area contributed by atoms with Crippen molar-refractivity contribution in [1.29, 1.82) is 0 Å². The lowest BCUT2D eigenvalue weighted by Gasteiger charge is -2.32. The summed E-state index contributed by atoms with van der Waals surface area (Å²) >= 11 is 0. The first-order valence-corrected chi connectivity index (χ1v) is 10.8. The van der Waals surface area contributed by atoms with E-state index >= 15 is 0 Å². The molecule has 2 aliphatic heterocycles. The predicted molar refractivity (Wildman–Crippen MR) is 121 cm³/mol. The number of nitrogens with one attached hydrogen (secondary N) is 2. The molecule has 0 radical (unpaired) electrons. The third-order valence-corrected chi connectivity index (χ3v) is 6.08. The maximum Gasteiger partial charge on any atom is 0.321 e. The fourth-order valence-electron chi connectivity index (χ4n) is 4.40. The number of anilines is 3. The highest BCUT2D eigenvalue weighted by Crippen LogP contribution is 2.31. The van der Waals surface area contributed by atoms with E-state index in [1.807, 2.05) is 37.3 Å². The number of likely N-dealkylation sites (tertiary alicyclic amines) is 1. The Balaban J connectivity index is 1.37. The molecule has 0 aliphatic carbocycles. The zero-order chi connectivity index (χ0) is 21.1. The molecule has 3 amide bonds. The van der Waals surface area contributed by atoms with Crippen molar-refractivity contribution in [3.8, 4) is 0 Å². The van der Waals surface area contributed by atoms with Crippen molar-refractivity contribution in [3.05, 3.63) is 53.6 Å². The number of benzene rings is 2. The molecular weight excluding hydrogens is 376 g/mol. The summed E-state index contributed by atoms with van der Waals surface area (Å²) in [5.41, 5.74) is 5.27. The molecule has 2 N–H and O–H groups in total. The van der Waals surface area contributed by atoms with Crippen LogP contribution >= 0.6 is 0 Å². The zero-order valence-electron chi connectivity index (χ0n) is 17.8. The number of aryl methyl sites for hydroxylation is 1. The standard InChI is InChI=1S/C24H30N4O2/c1-3-27-13-11-18-9-10-21(15-22(18)27)25-23(29)19-7-5-12-28(16-19)24(30)26-20-8-4-6-17(2)14-20/h4,6,8-10,14-15,19H,3,5,7,11-13,16H2,1-2H3,(H,25,29)(H,26,30). The van der Waals surface area contributed by atoms with Gasteiger partial charge in [0.2, 0.25) is 5.91 Å². The van der Waals surface area contributed by atoms with Crippen LogP contribution in [0.5, 0.6) is 0 Å². The minimum atomic E-state index is -0.197. The monoisotopic (exact) mass is 406 g/mol. The third kappa shape index (κ3) is 4.42. The number of nitrogens with zero attached hydrogens (tertiary/aromatic N) is 2. The fourth-order valence-corrected chi connectivity index (χ4v) is 4.40. The van der Waals surface area contributed by atoms with Gasteiger partial charge in [0.15, 0.2) is 0 Å². The normalized spacial score (nSPS) is 18.1. The second kappa shape index (κ2) is 8.78. The zero-order valence-corrected chi connectivity index (χ0v) is 17.8. The molecule has 6 heteroatoms. The van der Waals surface area contributed by atoms with Crippen LogP contribution in [0.25, 0.3) is 0 Å². The minimum Gasteiger partial charge on any atom is -0.371 e. The number of hydrogen-bond donors (Lipinski definition) is 2. The van der Waals surface area contributed by atoms with Crippen molar-refractivity contribution in [2.75, 3.05) is 41.7 Å². The van der Waals surface area contributed by atoms with E-state index in [1.54, 1.807) is 4.90 Å². The van der Waals surface area contributed by atoms with Gasteiger partial charge in [-0.1, -0.05) is 18.2 Å². The van der Waals surface area contributed by atoms with Gasteiger partial charge in [0, 0.05) is 43.2 Å². The van der Waals surface area contributed by atoms with Gasteiger partial charge in [-0.15, -0.1) is 0 Å². The van der Waals surface area contributed by atoms with Crippen LogP contribution in [-0.4, -0.2) is 43.0 Å². The van der Waals surface area contributed by atoms with Crippen molar-refractivity contribution in [1.82, 2.24) is 4.90 Å². The van der Waals surface area contributed by atoms with Crippen LogP contribution < -0.4 is 15.5 Å². The number of urea groups is 1. The summed E-state index contributed by atoms with van der Waals surface area (Å²) < 4.78 is 0. The third-order valence-electron chi connectivity index (χ3n) is 6.08. The summed E-state index contributed by atoms with van der Waals surface area (Å²) in [4.78, 5) is 29.7. The van der Waals surface area contributed by atoms with Crippen molar-refractivity contribution in [2.24, 2.45) is 5.92 Å². The Kier molecular flexibility index (Phi) is 5.93. The highest BCUT2D eigenvalue weighted by molar-refractivity contribution is 5.94. The molecule has 30 heavy (non-hydrogen) atoms. The molecule has 2 aromatic rings. The van der Waals surface area contributed by atoms with Gasteiger partial charge < -0.3 is 20.4 Å². The summed E-state index contributed by atoms with van der Waals surface area (Å²) in [6.07, 6.45) is 2.68. The number of likely N-dealkylation sites (N-methyl/N-ethyl adjacent to an activating group) is 1. The summed E-state index contributed by atoms with van der Waals surface area (Å²) in [5, 5.41) is 6.03. The predicted octanol–water partition coefficient (Wildman–Crippen LogP) is 4.26. The molecule has 0 saturated carbocycles. The summed E-state index contributed by atoms with van der Waals surface area (Å²) in [6, 6.07) is 13.8. The lowest BCUT2D eigenvalue weighted by molar-refractivity contribution is -0.121. The van der Waals surface area contributed by atoms with Crippen LogP contribution in [0.15, 0.2) is 42.5 Å². The Labute approximate surface area is 178 Å². The fraction of sp³-hybridized carbons (Fsp3) is 0.417. The molecule has 2 aromatic carbocycles. The van der Waals surface area contributed by atoms with Crippen molar-refractivity contribution in [2.45, 2.75) is 33.1 Å². The lowest BCUT2D eigenvalue weighted by atomic mass is 9.97. The quantitative estimate of drug-likeness (QED) is 0.797.